The molecule has 1 saturated carbocycles. The Morgan fingerprint density at radius 2 is 1.90 bits per heavy atom. The van der Waals surface area contributed by atoms with Gasteiger partial charge in [0, 0.05) is 31.2 Å². The zero-order chi connectivity index (χ0) is 15.6. The molecule has 21 heavy (non-hydrogen) atoms. The van der Waals surface area contributed by atoms with Crippen LogP contribution in [-0.4, -0.2) is 31.9 Å². The second-order valence-electron chi connectivity index (χ2n) is 5.46. The summed E-state index contributed by atoms with van der Waals surface area (Å²) in [6.07, 6.45) is 2.22. The number of nitrogens with zero attached hydrogens (tertiary/aromatic N) is 1. The number of nitrogens with one attached hydrogen (secondary N) is 1. The Morgan fingerprint density at radius 3 is 2.43 bits per heavy atom. The van der Waals surface area contributed by atoms with Gasteiger partial charge in [0.25, 0.3) is 0 Å². The standard InChI is InChI=1S/C15H23FN2O2S/c1-4-18(5-2)21(19,20)14-8-11(3)15(16)12(9-14)10-17-13-6-7-13/h8-9,13,17H,4-7,10H2,1-3H3. The zero-order valence-corrected chi connectivity index (χ0v) is 13.6. The van der Waals surface area contributed by atoms with E-state index in [-0.39, 0.29) is 10.7 Å². The van der Waals surface area contributed by atoms with Crippen molar-refractivity contribution in [3.63, 3.8) is 0 Å². The Kier molecular flexibility index (Phi) is 5.01. The first kappa shape index (κ1) is 16.4. The summed E-state index contributed by atoms with van der Waals surface area (Å²) < 4.78 is 40.6. The molecule has 2 rings (SSSR count). The van der Waals surface area contributed by atoms with E-state index in [2.05, 4.69) is 5.32 Å². The van der Waals surface area contributed by atoms with Gasteiger partial charge >= 0.3 is 0 Å². The minimum atomic E-state index is -3.55. The van der Waals surface area contributed by atoms with Crippen LogP contribution >= 0.6 is 0 Å². The second kappa shape index (κ2) is 6.42. The van der Waals surface area contributed by atoms with Crippen LogP contribution in [0.3, 0.4) is 0 Å². The molecule has 0 atom stereocenters. The number of benzene rings is 1. The van der Waals surface area contributed by atoms with E-state index in [1.807, 2.05) is 0 Å². The summed E-state index contributed by atoms with van der Waals surface area (Å²) in [5.74, 6) is -0.318. The van der Waals surface area contributed by atoms with E-state index in [1.54, 1.807) is 20.8 Å². The molecule has 1 aliphatic rings. The lowest BCUT2D eigenvalue weighted by molar-refractivity contribution is 0.444. The smallest absolute Gasteiger partial charge is 0.243 e. The number of sulfonamides is 1. The number of hydrogen-bond acceptors (Lipinski definition) is 3. The zero-order valence-electron chi connectivity index (χ0n) is 12.8. The summed E-state index contributed by atoms with van der Waals surface area (Å²) in [5.41, 5.74) is 0.795. The number of hydrogen-bond donors (Lipinski definition) is 1. The Hall–Kier alpha value is -0.980. The molecular weight excluding hydrogens is 291 g/mol. The summed E-state index contributed by atoms with van der Waals surface area (Å²) >= 11 is 0. The molecule has 0 radical (unpaired) electrons. The Morgan fingerprint density at radius 1 is 1.29 bits per heavy atom. The quantitative estimate of drug-likeness (QED) is 0.841. The van der Waals surface area contributed by atoms with Gasteiger partial charge in [-0.3, -0.25) is 0 Å². The molecule has 0 heterocycles. The molecule has 0 aromatic heterocycles. The van der Waals surface area contributed by atoms with E-state index in [0.29, 0.717) is 36.8 Å². The maximum Gasteiger partial charge on any atom is 0.243 e. The third kappa shape index (κ3) is 3.62. The van der Waals surface area contributed by atoms with Crippen molar-refractivity contribution in [2.75, 3.05) is 13.1 Å². The summed E-state index contributed by atoms with van der Waals surface area (Å²) in [7, 11) is -3.55. The second-order valence-corrected chi connectivity index (χ2v) is 7.40. The molecular formula is C15H23FN2O2S. The molecule has 1 N–H and O–H groups in total. The van der Waals surface area contributed by atoms with Gasteiger partial charge < -0.3 is 5.32 Å². The van der Waals surface area contributed by atoms with Crippen LogP contribution in [0.1, 0.15) is 37.8 Å². The number of halogens is 1. The Labute approximate surface area is 126 Å². The van der Waals surface area contributed by atoms with Gasteiger partial charge in [0.1, 0.15) is 5.82 Å². The molecule has 0 aliphatic heterocycles. The van der Waals surface area contributed by atoms with Gasteiger partial charge in [-0.15, -0.1) is 0 Å². The molecule has 6 heteroatoms. The van der Waals surface area contributed by atoms with Crippen LogP contribution in [0.4, 0.5) is 4.39 Å². The van der Waals surface area contributed by atoms with Crippen LogP contribution in [0.5, 0.6) is 0 Å². The lowest BCUT2D eigenvalue weighted by atomic mass is 10.1. The van der Waals surface area contributed by atoms with Gasteiger partial charge in [-0.25, -0.2) is 12.8 Å². The maximum absolute atomic E-state index is 14.2. The van der Waals surface area contributed by atoms with Crippen molar-refractivity contribution in [1.29, 1.82) is 0 Å². The van der Waals surface area contributed by atoms with Crippen LogP contribution in [0.25, 0.3) is 0 Å². The monoisotopic (exact) mass is 314 g/mol. The highest BCUT2D eigenvalue weighted by atomic mass is 32.2. The van der Waals surface area contributed by atoms with Gasteiger partial charge in [-0.05, 0) is 37.5 Å². The van der Waals surface area contributed by atoms with Crippen molar-refractivity contribution in [3.8, 4) is 0 Å². The lowest BCUT2D eigenvalue weighted by Crippen LogP contribution is -2.31. The topological polar surface area (TPSA) is 49.4 Å². The SMILES string of the molecule is CCN(CC)S(=O)(=O)c1cc(C)c(F)c(CNC2CC2)c1. The van der Waals surface area contributed by atoms with Gasteiger partial charge in [-0.2, -0.15) is 4.31 Å². The van der Waals surface area contributed by atoms with Gasteiger partial charge in [0.15, 0.2) is 0 Å². The summed E-state index contributed by atoms with van der Waals surface area (Å²) in [6, 6.07) is 3.34. The first-order valence-electron chi connectivity index (χ1n) is 7.42. The average molecular weight is 314 g/mol. The van der Waals surface area contributed by atoms with Crippen molar-refractivity contribution < 1.29 is 12.8 Å². The van der Waals surface area contributed by atoms with E-state index in [4.69, 9.17) is 0 Å². The molecule has 1 aliphatic carbocycles. The largest absolute Gasteiger partial charge is 0.310 e. The molecule has 0 unspecified atom stereocenters. The van der Waals surface area contributed by atoms with E-state index >= 15 is 0 Å². The highest BCUT2D eigenvalue weighted by Crippen LogP contribution is 2.24. The van der Waals surface area contributed by atoms with Crippen LogP contribution in [0.2, 0.25) is 0 Å². The first-order valence-corrected chi connectivity index (χ1v) is 8.86. The number of aryl methyl sites for hydroxylation is 1. The molecule has 4 nitrogen and oxygen atoms in total. The van der Waals surface area contributed by atoms with Crippen LogP contribution in [0.15, 0.2) is 17.0 Å². The number of rotatable bonds is 7. The van der Waals surface area contributed by atoms with E-state index in [0.717, 1.165) is 12.8 Å². The van der Waals surface area contributed by atoms with Crippen molar-refractivity contribution in [2.45, 2.75) is 51.1 Å². The predicted octanol–water partition coefficient (Wildman–Crippen LogP) is 2.42. The highest BCUT2D eigenvalue weighted by Gasteiger charge is 2.25. The molecule has 0 saturated heterocycles. The maximum atomic E-state index is 14.2. The predicted molar refractivity (Wildman–Crippen MR) is 81.1 cm³/mol. The summed E-state index contributed by atoms with van der Waals surface area (Å²) in [4.78, 5) is 0.178. The van der Waals surface area contributed by atoms with Gasteiger partial charge in [-0.1, -0.05) is 13.8 Å². The minimum absolute atomic E-state index is 0.178. The van der Waals surface area contributed by atoms with Crippen LogP contribution in [-0.2, 0) is 16.6 Å². The Balaban J connectivity index is 2.34. The molecule has 1 aromatic rings. The highest BCUT2D eigenvalue weighted by molar-refractivity contribution is 7.89. The molecule has 0 spiro atoms. The lowest BCUT2D eigenvalue weighted by Gasteiger charge is -2.19. The fourth-order valence-corrected chi connectivity index (χ4v) is 3.93. The van der Waals surface area contributed by atoms with Crippen LogP contribution < -0.4 is 5.32 Å². The van der Waals surface area contributed by atoms with Crippen molar-refractivity contribution in [3.05, 3.63) is 29.1 Å². The molecule has 1 aromatic carbocycles. The minimum Gasteiger partial charge on any atom is -0.310 e. The molecule has 118 valence electrons. The van der Waals surface area contributed by atoms with Gasteiger partial charge in [0.2, 0.25) is 10.0 Å². The van der Waals surface area contributed by atoms with Crippen LogP contribution in [0, 0.1) is 12.7 Å². The fourth-order valence-electron chi connectivity index (χ4n) is 2.34. The van der Waals surface area contributed by atoms with E-state index < -0.39 is 10.0 Å². The van der Waals surface area contributed by atoms with E-state index in [9.17, 15) is 12.8 Å². The molecule has 0 amide bonds. The summed E-state index contributed by atoms with van der Waals surface area (Å²) in [5, 5.41) is 3.23. The van der Waals surface area contributed by atoms with Crippen molar-refractivity contribution in [2.24, 2.45) is 0 Å². The van der Waals surface area contributed by atoms with Crippen molar-refractivity contribution >= 4 is 10.0 Å². The molecule has 0 bridgehead atoms. The average Bonchev–Trinajstić information content (AvgIpc) is 3.25. The first-order chi connectivity index (χ1) is 9.90. The Bertz CT molecular complexity index is 608. The third-order valence-electron chi connectivity index (χ3n) is 3.81. The molecule has 1 fully saturated rings. The fraction of sp³-hybridized carbons (Fsp3) is 0.600. The normalized spacial score (nSPS) is 15.7. The van der Waals surface area contributed by atoms with E-state index in [1.165, 1.54) is 16.4 Å². The summed E-state index contributed by atoms with van der Waals surface area (Å²) in [6.45, 7) is 6.39. The van der Waals surface area contributed by atoms with Crippen molar-refractivity contribution in [1.82, 2.24) is 9.62 Å². The third-order valence-corrected chi connectivity index (χ3v) is 5.83. The van der Waals surface area contributed by atoms with Gasteiger partial charge in [0.05, 0.1) is 4.90 Å².